The molecular formula is C7H15N2O2P. The Morgan fingerprint density at radius 2 is 2.33 bits per heavy atom. The van der Waals surface area contributed by atoms with E-state index in [1.54, 1.807) is 6.66 Å². The van der Waals surface area contributed by atoms with Crippen molar-refractivity contribution in [2.45, 2.75) is 25.5 Å². The maximum Gasteiger partial charge on any atom is 0.228 e. The molecule has 2 unspecified atom stereocenters. The second-order valence-electron chi connectivity index (χ2n) is 3.20. The van der Waals surface area contributed by atoms with Gasteiger partial charge >= 0.3 is 0 Å². The fourth-order valence-electron chi connectivity index (χ4n) is 1.18. The van der Waals surface area contributed by atoms with Crippen molar-refractivity contribution in [2.75, 3.05) is 19.8 Å². The number of rotatable bonds is 3. The summed E-state index contributed by atoms with van der Waals surface area (Å²) in [4.78, 5) is 0. The van der Waals surface area contributed by atoms with Gasteiger partial charge in [-0.05, 0) is 13.8 Å². The first kappa shape index (κ1) is 9.87. The van der Waals surface area contributed by atoms with E-state index >= 15 is 0 Å². The second kappa shape index (κ2) is 3.27. The van der Waals surface area contributed by atoms with E-state index in [0.717, 1.165) is 6.42 Å². The smallest absolute Gasteiger partial charge is 0.228 e. The number of nitrogens with zero attached hydrogens (tertiary/aromatic N) is 2. The molecule has 0 saturated carbocycles. The molecule has 5 heteroatoms. The van der Waals surface area contributed by atoms with Crippen LogP contribution in [0.4, 0.5) is 0 Å². The number of hydrogen-bond acceptors (Lipinski definition) is 4. The molecule has 0 radical (unpaired) electrons. The van der Waals surface area contributed by atoms with Crippen LogP contribution in [0.25, 0.3) is 0 Å². The molecule has 4 nitrogen and oxygen atoms in total. The Hall–Kier alpha value is -0.210. The maximum absolute atomic E-state index is 12.0. The van der Waals surface area contributed by atoms with Crippen molar-refractivity contribution in [1.29, 1.82) is 0 Å². The third-order valence-corrected chi connectivity index (χ3v) is 5.04. The van der Waals surface area contributed by atoms with E-state index in [-0.39, 0.29) is 0 Å². The van der Waals surface area contributed by atoms with Gasteiger partial charge in [0.2, 0.25) is 7.37 Å². The highest BCUT2D eigenvalue weighted by molar-refractivity contribution is 7.59. The molecule has 0 saturated heterocycles. The summed E-state index contributed by atoms with van der Waals surface area (Å²) in [6, 6.07) is 0. The van der Waals surface area contributed by atoms with E-state index < -0.39 is 12.6 Å². The summed E-state index contributed by atoms with van der Waals surface area (Å²) in [5.41, 5.74) is 0. The van der Waals surface area contributed by atoms with Gasteiger partial charge in [-0.15, -0.1) is 0 Å². The first-order valence-electron chi connectivity index (χ1n) is 4.13. The zero-order valence-electron chi connectivity index (χ0n) is 7.78. The lowest BCUT2D eigenvalue weighted by atomic mass is 10.3. The van der Waals surface area contributed by atoms with Crippen molar-refractivity contribution in [2.24, 2.45) is 10.2 Å². The van der Waals surface area contributed by atoms with Crippen molar-refractivity contribution in [3.63, 3.8) is 0 Å². The van der Waals surface area contributed by atoms with E-state index in [0.29, 0.717) is 13.2 Å². The Kier molecular flexibility index (Phi) is 2.69. The molecule has 0 aromatic rings. The summed E-state index contributed by atoms with van der Waals surface area (Å²) < 4.78 is 17.2. The molecule has 12 heavy (non-hydrogen) atoms. The molecule has 0 aromatic carbocycles. The molecular weight excluding hydrogens is 175 g/mol. The summed E-state index contributed by atoms with van der Waals surface area (Å²) in [6.45, 7) is 6.46. The average Bonchev–Trinajstić information content (AvgIpc) is 2.37. The van der Waals surface area contributed by atoms with Gasteiger partial charge in [-0.1, -0.05) is 0 Å². The van der Waals surface area contributed by atoms with Crippen LogP contribution in [0.15, 0.2) is 10.2 Å². The summed E-state index contributed by atoms with van der Waals surface area (Å²) in [7, 11) is -2.61. The van der Waals surface area contributed by atoms with E-state index in [1.807, 2.05) is 13.8 Å². The van der Waals surface area contributed by atoms with Gasteiger partial charge < -0.3 is 4.52 Å². The van der Waals surface area contributed by atoms with Gasteiger partial charge in [0, 0.05) is 13.1 Å². The molecule has 0 aromatic heterocycles. The predicted octanol–water partition coefficient (Wildman–Crippen LogP) is 2.50. The molecule has 0 amide bonds. The van der Waals surface area contributed by atoms with Gasteiger partial charge in [-0.3, -0.25) is 4.57 Å². The largest absolute Gasteiger partial charge is 0.327 e. The first-order chi connectivity index (χ1) is 5.52. The molecule has 1 heterocycles. The summed E-state index contributed by atoms with van der Waals surface area (Å²) in [6.07, 6.45) is 0.737. The number of hydrogen-bond donors (Lipinski definition) is 0. The van der Waals surface area contributed by atoms with Crippen LogP contribution in [-0.4, -0.2) is 25.1 Å². The van der Waals surface area contributed by atoms with E-state index in [9.17, 15) is 4.57 Å². The Morgan fingerprint density at radius 1 is 1.67 bits per heavy atom. The van der Waals surface area contributed by atoms with Crippen LogP contribution >= 0.6 is 7.37 Å². The number of azo groups is 1. The van der Waals surface area contributed by atoms with Gasteiger partial charge in [0.25, 0.3) is 0 Å². The third kappa shape index (κ3) is 1.59. The highest BCUT2D eigenvalue weighted by Gasteiger charge is 2.43. The minimum atomic E-state index is -2.61. The van der Waals surface area contributed by atoms with E-state index in [4.69, 9.17) is 4.52 Å². The predicted molar refractivity (Wildman–Crippen MR) is 47.9 cm³/mol. The van der Waals surface area contributed by atoms with Crippen LogP contribution in [0, 0.1) is 0 Å². The minimum absolute atomic E-state index is 0.471. The van der Waals surface area contributed by atoms with Crippen molar-refractivity contribution < 1.29 is 9.09 Å². The molecule has 2 atom stereocenters. The Balaban J connectivity index is 2.79. The van der Waals surface area contributed by atoms with Crippen LogP contribution in [0.1, 0.15) is 20.3 Å². The normalized spacial score (nSPS) is 33.6. The molecule has 0 N–H and O–H groups in total. The van der Waals surface area contributed by atoms with Gasteiger partial charge in [0.1, 0.15) is 0 Å². The molecule has 0 bridgehead atoms. The molecule has 70 valence electrons. The SMILES string of the molecule is CCOP(C)(=O)C1(C)CCN=N1. The summed E-state index contributed by atoms with van der Waals surface area (Å²) in [5.74, 6) is 0. The van der Waals surface area contributed by atoms with Crippen LogP contribution < -0.4 is 0 Å². The van der Waals surface area contributed by atoms with Gasteiger partial charge in [0.15, 0.2) is 5.28 Å². The van der Waals surface area contributed by atoms with Gasteiger partial charge in [0.05, 0.1) is 13.2 Å². The van der Waals surface area contributed by atoms with Gasteiger partial charge in [-0.2, -0.15) is 10.2 Å². The zero-order chi connectivity index (χ0) is 9.24. The third-order valence-electron chi connectivity index (χ3n) is 2.22. The summed E-state index contributed by atoms with van der Waals surface area (Å²) in [5, 5.41) is 7.29. The Labute approximate surface area is 72.9 Å². The van der Waals surface area contributed by atoms with E-state index in [1.165, 1.54) is 0 Å². The molecule has 1 aliphatic rings. The lowest BCUT2D eigenvalue weighted by molar-refractivity contribution is 0.315. The van der Waals surface area contributed by atoms with Crippen molar-refractivity contribution >= 4 is 7.37 Å². The zero-order valence-corrected chi connectivity index (χ0v) is 8.67. The first-order valence-corrected chi connectivity index (χ1v) is 6.20. The van der Waals surface area contributed by atoms with E-state index in [2.05, 4.69) is 10.2 Å². The molecule has 0 fully saturated rings. The average molecular weight is 190 g/mol. The molecule has 0 aliphatic carbocycles. The second-order valence-corrected chi connectivity index (χ2v) is 6.11. The van der Waals surface area contributed by atoms with Crippen LogP contribution in [-0.2, 0) is 9.09 Å². The topological polar surface area (TPSA) is 51.0 Å². The lowest BCUT2D eigenvalue weighted by Crippen LogP contribution is -2.20. The Bertz CT molecular complexity index is 242. The van der Waals surface area contributed by atoms with Crippen LogP contribution in [0.3, 0.4) is 0 Å². The van der Waals surface area contributed by atoms with Crippen molar-refractivity contribution in [3.8, 4) is 0 Å². The summed E-state index contributed by atoms with van der Waals surface area (Å²) >= 11 is 0. The van der Waals surface area contributed by atoms with Crippen molar-refractivity contribution in [3.05, 3.63) is 0 Å². The highest BCUT2D eigenvalue weighted by atomic mass is 31.2. The quantitative estimate of drug-likeness (QED) is 0.642. The standard InChI is InChI=1S/C7H15N2O2P/c1-4-11-12(3,10)7(2)5-6-8-9-7/h4-6H2,1-3H3. The highest BCUT2D eigenvalue weighted by Crippen LogP contribution is 2.59. The van der Waals surface area contributed by atoms with Crippen LogP contribution in [0.2, 0.25) is 0 Å². The lowest BCUT2D eigenvalue weighted by Gasteiger charge is -2.26. The Morgan fingerprint density at radius 3 is 2.75 bits per heavy atom. The van der Waals surface area contributed by atoms with Crippen molar-refractivity contribution in [1.82, 2.24) is 0 Å². The molecule has 0 spiro atoms. The van der Waals surface area contributed by atoms with Crippen LogP contribution in [0.5, 0.6) is 0 Å². The fraction of sp³-hybridized carbons (Fsp3) is 1.00. The maximum atomic E-state index is 12.0. The molecule has 1 aliphatic heterocycles. The van der Waals surface area contributed by atoms with Gasteiger partial charge in [-0.25, -0.2) is 0 Å². The molecule has 1 rings (SSSR count). The fourth-order valence-corrected chi connectivity index (χ4v) is 2.69. The minimum Gasteiger partial charge on any atom is -0.327 e. The monoisotopic (exact) mass is 190 g/mol.